The predicted molar refractivity (Wildman–Crippen MR) is 42.9 cm³/mol. The Labute approximate surface area is 122 Å². The van der Waals surface area contributed by atoms with Crippen LogP contribution in [0.25, 0.3) is 0 Å². The molecule has 0 aromatic rings. The average molecular weight is 313 g/mol. The summed E-state index contributed by atoms with van der Waals surface area (Å²) in [5.41, 5.74) is 0. The molecule has 0 amide bonds. The maximum Gasteiger partial charge on any atom is 3.00 e. The Kier molecular flexibility index (Phi) is 29.9. The number of hydrogen-bond donors (Lipinski definition) is 5. The van der Waals surface area contributed by atoms with Crippen molar-refractivity contribution < 1.29 is 67.5 Å². The van der Waals surface area contributed by atoms with Crippen LogP contribution in [0.5, 0.6) is 0 Å². The second kappa shape index (κ2) is 15.9. The van der Waals surface area contributed by atoms with Crippen LogP contribution in [0.4, 0.5) is 0 Å². The van der Waals surface area contributed by atoms with Gasteiger partial charge in [0.1, 0.15) is 24.4 Å². The van der Waals surface area contributed by atoms with Crippen LogP contribution < -0.4 is 37.2 Å². The molecule has 0 aliphatic rings. The summed E-state index contributed by atoms with van der Waals surface area (Å²) in [5.74, 6) is 0. The molecule has 0 aliphatic heterocycles. The molecule has 4 atom stereocenters. The molecule has 4 unspecified atom stereocenters. The Bertz CT molecular complexity index is 154. The third kappa shape index (κ3) is 10.1. The van der Waals surface area contributed by atoms with Crippen LogP contribution in [-0.2, 0) is 4.79 Å². The molecule has 16 heavy (non-hydrogen) atoms. The second-order valence-electron chi connectivity index (χ2n) is 2.36. The van der Waals surface area contributed by atoms with Gasteiger partial charge in [-0.2, -0.15) is 0 Å². The van der Waals surface area contributed by atoms with E-state index in [4.69, 9.17) is 25.5 Å². The fourth-order valence-electron chi connectivity index (χ4n) is 0.618. The molecule has 0 heterocycles. The number of halogens is 3. The van der Waals surface area contributed by atoms with Gasteiger partial charge in [0.2, 0.25) is 0 Å². The number of rotatable bonds is 5. The van der Waals surface area contributed by atoms with E-state index >= 15 is 0 Å². The van der Waals surface area contributed by atoms with Gasteiger partial charge in [0, 0.05) is 0 Å². The van der Waals surface area contributed by atoms with E-state index in [1.165, 1.54) is 0 Å². The second-order valence-corrected chi connectivity index (χ2v) is 2.36. The predicted octanol–water partition coefficient (Wildman–Crippen LogP) is -12.7. The molecule has 0 aromatic carbocycles. The molecule has 0 aromatic heterocycles. The first-order chi connectivity index (χ1) is 5.54. The van der Waals surface area contributed by atoms with Gasteiger partial charge in [-0.15, -0.1) is 0 Å². The number of aliphatic hydroxyl groups is 5. The Balaban J connectivity index is -0.000000101. The standard InChI is InChI=1S/C6H12O6.Al.3ClH/c7-1-3(9)5(11)6(12)4(10)2-8;;;;/h1,3-6,8-12H,2H2;;3*1H/q;+3;;;/p-3. The van der Waals surface area contributed by atoms with Gasteiger partial charge in [-0.05, 0) is 0 Å². The van der Waals surface area contributed by atoms with Crippen LogP contribution in [0.15, 0.2) is 0 Å². The zero-order valence-electron chi connectivity index (χ0n) is 7.95. The molecule has 10 heteroatoms. The van der Waals surface area contributed by atoms with Crippen LogP contribution in [0.1, 0.15) is 0 Å². The first-order valence-electron chi connectivity index (χ1n) is 3.33. The van der Waals surface area contributed by atoms with Gasteiger partial charge >= 0.3 is 17.4 Å². The Morgan fingerprint density at radius 1 is 0.938 bits per heavy atom. The van der Waals surface area contributed by atoms with Crippen LogP contribution in [0.3, 0.4) is 0 Å². The van der Waals surface area contributed by atoms with Crippen LogP contribution in [0, 0.1) is 0 Å². The molecule has 0 bridgehead atoms. The van der Waals surface area contributed by atoms with E-state index in [-0.39, 0.29) is 60.9 Å². The summed E-state index contributed by atoms with van der Waals surface area (Å²) in [7, 11) is 0. The minimum Gasteiger partial charge on any atom is -1.00 e. The number of aldehydes is 1. The summed E-state index contributed by atoms with van der Waals surface area (Å²) in [5, 5.41) is 43.5. The van der Waals surface area contributed by atoms with Crippen LogP contribution >= 0.6 is 0 Å². The summed E-state index contributed by atoms with van der Waals surface area (Å²) in [6.45, 7) is -0.760. The molecule has 0 fully saturated rings. The van der Waals surface area contributed by atoms with Crippen molar-refractivity contribution in [1.29, 1.82) is 0 Å². The van der Waals surface area contributed by atoms with Gasteiger partial charge in [-0.1, -0.05) is 0 Å². The third-order valence-corrected chi connectivity index (χ3v) is 1.42. The maximum atomic E-state index is 9.90. The normalized spacial score (nSPS) is 15.8. The van der Waals surface area contributed by atoms with Crippen LogP contribution in [0.2, 0.25) is 0 Å². The number of carbonyl (C=O) groups is 1. The van der Waals surface area contributed by atoms with Crippen molar-refractivity contribution in [2.75, 3.05) is 6.61 Å². The molecule has 0 spiro atoms. The number of aliphatic hydroxyl groups excluding tert-OH is 5. The van der Waals surface area contributed by atoms with Crippen molar-refractivity contribution in [2.45, 2.75) is 24.4 Å². The Hall–Kier alpha value is 0.872. The van der Waals surface area contributed by atoms with E-state index in [1.54, 1.807) is 0 Å². The minimum absolute atomic E-state index is 0. The first-order valence-corrected chi connectivity index (χ1v) is 3.33. The van der Waals surface area contributed by atoms with Gasteiger partial charge in [0.25, 0.3) is 0 Å². The molecule has 5 N–H and O–H groups in total. The van der Waals surface area contributed by atoms with E-state index in [0.717, 1.165) is 0 Å². The van der Waals surface area contributed by atoms with Gasteiger partial charge < -0.3 is 67.5 Å². The van der Waals surface area contributed by atoms with Crippen LogP contribution in [-0.4, -0.2) is 80.2 Å². The molecule has 0 rings (SSSR count). The molecule has 0 aliphatic carbocycles. The Morgan fingerprint density at radius 2 is 1.31 bits per heavy atom. The fourth-order valence-corrected chi connectivity index (χ4v) is 0.618. The molecular formula is C6H12AlCl3O6. The summed E-state index contributed by atoms with van der Waals surface area (Å²) < 4.78 is 0. The summed E-state index contributed by atoms with van der Waals surface area (Å²) in [4.78, 5) is 9.90. The van der Waals surface area contributed by atoms with E-state index < -0.39 is 31.0 Å². The number of hydrogen-bond acceptors (Lipinski definition) is 6. The smallest absolute Gasteiger partial charge is 1.00 e. The van der Waals surface area contributed by atoms with E-state index in [1.807, 2.05) is 0 Å². The third-order valence-electron chi connectivity index (χ3n) is 1.42. The van der Waals surface area contributed by atoms with Gasteiger partial charge in [-0.25, -0.2) is 0 Å². The zero-order chi connectivity index (χ0) is 9.72. The Morgan fingerprint density at radius 3 is 1.56 bits per heavy atom. The van der Waals surface area contributed by atoms with E-state index in [2.05, 4.69) is 0 Å². The van der Waals surface area contributed by atoms with E-state index in [9.17, 15) is 4.79 Å². The SMILES string of the molecule is O=CC(O)C(O)C(O)C(O)CO.[Al+3].[Cl-].[Cl-].[Cl-]. The fraction of sp³-hybridized carbons (Fsp3) is 0.833. The molecule has 0 saturated heterocycles. The quantitative estimate of drug-likeness (QED) is 0.254. The topological polar surface area (TPSA) is 118 Å². The number of carbonyl (C=O) groups excluding carboxylic acids is 1. The first kappa shape index (κ1) is 30.2. The molecule has 0 saturated carbocycles. The minimum atomic E-state index is -1.79. The van der Waals surface area contributed by atoms with Crippen molar-refractivity contribution in [3.8, 4) is 0 Å². The van der Waals surface area contributed by atoms with Crippen molar-refractivity contribution >= 4 is 23.6 Å². The van der Waals surface area contributed by atoms with Crippen molar-refractivity contribution in [1.82, 2.24) is 0 Å². The maximum absolute atomic E-state index is 9.90. The van der Waals surface area contributed by atoms with Gasteiger partial charge in [0.05, 0.1) is 6.61 Å². The van der Waals surface area contributed by atoms with Gasteiger partial charge in [-0.3, -0.25) is 0 Å². The van der Waals surface area contributed by atoms with E-state index in [0.29, 0.717) is 0 Å². The monoisotopic (exact) mass is 312 g/mol. The van der Waals surface area contributed by atoms with Crippen molar-refractivity contribution in [3.63, 3.8) is 0 Å². The summed E-state index contributed by atoms with van der Waals surface area (Å²) in [6, 6.07) is 0. The summed E-state index contributed by atoms with van der Waals surface area (Å²) in [6.07, 6.45) is -6.84. The molecule has 96 valence electrons. The van der Waals surface area contributed by atoms with Crippen molar-refractivity contribution in [2.24, 2.45) is 0 Å². The van der Waals surface area contributed by atoms with Crippen molar-refractivity contribution in [3.05, 3.63) is 0 Å². The zero-order valence-corrected chi connectivity index (χ0v) is 11.4. The average Bonchev–Trinajstić information content (AvgIpc) is 2.12. The largest absolute Gasteiger partial charge is 3.00 e. The molecule has 0 radical (unpaired) electrons. The molecule has 6 nitrogen and oxygen atoms in total. The summed E-state index contributed by atoms with van der Waals surface area (Å²) >= 11 is 0. The van der Waals surface area contributed by atoms with Gasteiger partial charge in [0.15, 0.2) is 6.29 Å². The molecular weight excluding hydrogens is 301 g/mol.